The smallest absolute Gasteiger partial charge is 0.275 e. The predicted molar refractivity (Wildman–Crippen MR) is 84.8 cm³/mol. The molecule has 0 spiro atoms. The Labute approximate surface area is 130 Å². The SMILES string of the molecule is O=C(C[NH+]1CCN(c2ccccc2)CC1)NCc1ccco1. The van der Waals surface area contributed by atoms with Gasteiger partial charge in [0.15, 0.2) is 6.54 Å². The number of piperazine rings is 1. The second-order valence-electron chi connectivity index (χ2n) is 5.61. The van der Waals surface area contributed by atoms with Crippen molar-refractivity contribution in [2.24, 2.45) is 0 Å². The molecule has 1 aliphatic heterocycles. The lowest BCUT2D eigenvalue weighted by molar-refractivity contribution is -0.892. The fraction of sp³-hybridized carbons (Fsp3) is 0.353. The fourth-order valence-corrected chi connectivity index (χ4v) is 2.79. The fourth-order valence-electron chi connectivity index (χ4n) is 2.79. The van der Waals surface area contributed by atoms with Gasteiger partial charge < -0.3 is 19.5 Å². The number of nitrogens with one attached hydrogen (secondary N) is 2. The maximum Gasteiger partial charge on any atom is 0.275 e. The number of nitrogens with zero attached hydrogens (tertiary/aromatic N) is 1. The Morgan fingerprint density at radius 1 is 1.14 bits per heavy atom. The Bertz CT molecular complexity index is 575. The van der Waals surface area contributed by atoms with E-state index in [-0.39, 0.29) is 5.91 Å². The van der Waals surface area contributed by atoms with Crippen molar-refractivity contribution in [1.29, 1.82) is 0 Å². The average Bonchev–Trinajstić information content (AvgIpc) is 3.08. The molecule has 2 aromatic rings. The highest BCUT2D eigenvalue weighted by atomic mass is 16.3. The molecular weight excluding hydrogens is 278 g/mol. The van der Waals surface area contributed by atoms with Gasteiger partial charge in [-0.15, -0.1) is 0 Å². The van der Waals surface area contributed by atoms with Crippen LogP contribution < -0.4 is 15.1 Å². The van der Waals surface area contributed by atoms with Gasteiger partial charge in [-0.1, -0.05) is 18.2 Å². The van der Waals surface area contributed by atoms with E-state index in [9.17, 15) is 4.79 Å². The summed E-state index contributed by atoms with van der Waals surface area (Å²) in [6, 6.07) is 14.1. The van der Waals surface area contributed by atoms with Crippen molar-refractivity contribution < 1.29 is 14.1 Å². The molecule has 1 saturated heterocycles. The Hall–Kier alpha value is -2.27. The predicted octanol–water partition coefficient (Wildman–Crippen LogP) is 0.301. The molecule has 5 nitrogen and oxygen atoms in total. The summed E-state index contributed by atoms with van der Waals surface area (Å²) in [6.07, 6.45) is 1.62. The first-order valence-corrected chi connectivity index (χ1v) is 7.74. The number of furan rings is 1. The minimum absolute atomic E-state index is 0.0829. The Morgan fingerprint density at radius 2 is 1.91 bits per heavy atom. The molecule has 0 atom stereocenters. The lowest BCUT2D eigenvalue weighted by Gasteiger charge is -2.33. The first kappa shape index (κ1) is 14.7. The molecule has 0 saturated carbocycles. The standard InChI is InChI=1S/C17H21N3O2/c21-17(18-13-16-7-4-12-22-16)14-19-8-10-20(11-9-19)15-5-2-1-3-6-15/h1-7,12H,8-11,13-14H2,(H,18,21)/p+1. The van der Waals surface area contributed by atoms with Crippen LogP contribution in [0.1, 0.15) is 5.76 Å². The van der Waals surface area contributed by atoms with Gasteiger partial charge in [0.2, 0.25) is 0 Å². The minimum atomic E-state index is 0.0829. The summed E-state index contributed by atoms with van der Waals surface area (Å²) in [7, 11) is 0. The number of anilines is 1. The molecule has 2 N–H and O–H groups in total. The van der Waals surface area contributed by atoms with Crippen LogP contribution in [0.2, 0.25) is 0 Å². The molecule has 1 aliphatic rings. The molecule has 1 fully saturated rings. The number of quaternary nitrogens is 1. The van der Waals surface area contributed by atoms with Gasteiger partial charge in [0.05, 0.1) is 39.0 Å². The summed E-state index contributed by atoms with van der Waals surface area (Å²) in [6.45, 7) is 4.96. The van der Waals surface area contributed by atoms with Crippen LogP contribution in [0.3, 0.4) is 0 Å². The van der Waals surface area contributed by atoms with Crippen LogP contribution in [0.5, 0.6) is 0 Å². The number of carbonyl (C=O) groups is 1. The number of amides is 1. The number of para-hydroxylation sites is 1. The van der Waals surface area contributed by atoms with Crippen molar-refractivity contribution in [2.75, 3.05) is 37.6 Å². The molecule has 1 aromatic carbocycles. The molecule has 0 radical (unpaired) electrons. The van der Waals surface area contributed by atoms with Crippen molar-refractivity contribution in [3.63, 3.8) is 0 Å². The lowest BCUT2D eigenvalue weighted by Crippen LogP contribution is -3.15. The van der Waals surface area contributed by atoms with E-state index in [0.29, 0.717) is 13.1 Å². The second-order valence-corrected chi connectivity index (χ2v) is 5.61. The first-order chi connectivity index (χ1) is 10.8. The Kier molecular flexibility index (Phi) is 4.75. The number of hydrogen-bond donors (Lipinski definition) is 2. The number of hydrogen-bond acceptors (Lipinski definition) is 3. The van der Waals surface area contributed by atoms with Gasteiger partial charge >= 0.3 is 0 Å². The number of benzene rings is 1. The van der Waals surface area contributed by atoms with Crippen molar-refractivity contribution in [1.82, 2.24) is 5.32 Å². The highest BCUT2D eigenvalue weighted by Gasteiger charge is 2.22. The van der Waals surface area contributed by atoms with Crippen molar-refractivity contribution in [3.05, 3.63) is 54.5 Å². The molecule has 2 heterocycles. The van der Waals surface area contributed by atoms with Crippen molar-refractivity contribution >= 4 is 11.6 Å². The molecular formula is C17H22N3O2+. The Morgan fingerprint density at radius 3 is 2.59 bits per heavy atom. The quantitative estimate of drug-likeness (QED) is 0.835. The largest absolute Gasteiger partial charge is 0.467 e. The van der Waals surface area contributed by atoms with Crippen LogP contribution in [0, 0.1) is 0 Å². The zero-order valence-corrected chi connectivity index (χ0v) is 12.6. The van der Waals surface area contributed by atoms with Crippen molar-refractivity contribution in [3.8, 4) is 0 Å². The van der Waals surface area contributed by atoms with E-state index in [2.05, 4.69) is 34.5 Å². The van der Waals surface area contributed by atoms with E-state index >= 15 is 0 Å². The van der Waals surface area contributed by atoms with E-state index < -0.39 is 0 Å². The summed E-state index contributed by atoms with van der Waals surface area (Å²) < 4.78 is 5.21. The highest BCUT2D eigenvalue weighted by molar-refractivity contribution is 5.76. The minimum Gasteiger partial charge on any atom is -0.467 e. The molecule has 0 aliphatic carbocycles. The van der Waals surface area contributed by atoms with Gasteiger partial charge in [-0.3, -0.25) is 4.79 Å². The monoisotopic (exact) mass is 300 g/mol. The van der Waals surface area contributed by atoms with Crippen molar-refractivity contribution in [2.45, 2.75) is 6.54 Å². The maximum atomic E-state index is 12.0. The third kappa shape index (κ3) is 3.89. The second kappa shape index (κ2) is 7.13. The lowest BCUT2D eigenvalue weighted by atomic mass is 10.2. The van der Waals surface area contributed by atoms with Crippen LogP contribution in [-0.2, 0) is 11.3 Å². The van der Waals surface area contributed by atoms with E-state index in [1.54, 1.807) is 6.26 Å². The zero-order valence-electron chi connectivity index (χ0n) is 12.6. The van der Waals surface area contributed by atoms with E-state index in [1.807, 2.05) is 18.2 Å². The molecule has 1 aromatic heterocycles. The summed E-state index contributed by atoms with van der Waals surface area (Å²) in [5.41, 5.74) is 1.27. The molecule has 5 heteroatoms. The molecule has 22 heavy (non-hydrogen) atoms. The third-order valence-corrected chi connectivity index (χ3v) is 4.04. The summed E-state index contributed by atoms with van der Waals surface area (Å²) in [4.78, 5) is 15.7. The Balaban J connectivity index is 1.41. The topological polar surface area (TPSA) is 49.9 Å². The third-order valence-electron chi connectivity index (χ3n) is 4.04. The molecule has 116 valence electrons. The maximum absolute atomic E-state index is 12.0. The first-order valence-electron chi connectivity index (χ1n) is 7.74. The summed E-state index contributed by atoms with van der Waals surface area (Å²) in [5, 5.41) is 2.91. The van der Waals surface area contributed by atoms with Crippen LogP contribution in [0.4, 0.5) is 5.69 Å². The van der Waals surface area contributed by atoms with E-state index in [4.69, 9.17) is 4.42 Å². The van der Waals surface area contributed by atoms with Gasteiger partial charge in [0, 0.05) is 5.69 Å². The van der Waals surface area contributed by atoms with Gasteiger partial charge in [0.25, 0.3) is 5.91 Å². The number of carbonyl (C=O) groups excluding carboxylic acids is 1. The van der Waals surface area contributed by atoms with E-state index in [1.165, 1.54) is 10.6 Å². The normalized spacial score (nSPS) is 15.7. The van der Waals surface area contributed by atoms with Crippen LogP contribution in [0.15, 0.2) is 53.1 Å². The highest BCUT2D eigenvalue weighted by Crippen LogP contribution is 2.12. The molecule has 0 bridgehead atoms. The average molecular weight is 300 g/mol. The summed E-state index contributed by atoms with van der Waals surface area (Å²) >= 11 is 0. The van der Waals surface area contributed by atoms with Gasteiger partial charge in [-0.25, -0.2) is 0 Å². The van der Waals surface area contributed by atoms with Gasteiger partial charge in [0.1, 0.15) is 5.76 Å². The molecule has 1 amide bonds. The van der Waals surface area contributed by atoms with Crippen LogP contribution in [-0.4, -0.2) is 38.6 Å². The molecule has 3 rings (SSSR count). The number of rotatable bonds is 5. The van der Waals surface area contributed by atoms with E-state index in [0.717, 1.165) is 31.9 Å². The zero-order chi connectivity index (χ0) is 15.2. The van der Waals surface area contributed by atoms with Crippen LogP contribution >= 0.6 is 0 Å². The van der Waals surface area contributed by atoms with Crippen LogP contribution in [0.25, 0.3) is 0 Å². The van der Waals surface area contributed by atoms with Gasteiger partial charge in [-0.2, -0.15) is 0 Å². The van der Waals surface area contributed by atoms with Gasteiger partial charge in [-0.05, 0) is 24.3 Å². The summed E-state index contributed by atoms with van der Waals surface area (Å²) in [5.74, 6) is 0.872. The molecule has 0 unspecified atom stereocenters.